The van der Waals surface area contributed by atoms with Gasteiger partial charge in [0.05, 0.1) is 5.52 Å². The maximum absolute atomic E-state index is 12.3. The topological polar surface area (TPSA) is 74.9 Å². The molecule has 98 valence electrons. The van der Waals surface area contributed by atoms with Crippen LogP contribution in [0, 0.1) is 0 Å². The molecule has 2 aromatic rings. The number of hydrogen-bond donors (Lipinski definition) is 1. The van der Waals surface area contributed by atoms with Crippen LogP contribution >= 0.6 is 0 Å². The zero-order chi connectivity index (χ0) is 13.4. The van der Waals surface area contributed by atoms with Crippen LogP contribution in [0.5, 0.6) is 0 Å². The van der Waals surface area contributed by atoms with Crippen molar-refractivity contribution >= 4 is 17.4 Å². The first-order valence-corrected chi connectivity index (χ1v) is 6.18. The molecular weight excluding hydrogens is 246 g/mol. The van der Waals surface area contributed by atoms with E-state index in [1.807, 2.05) is 0 Å². The van der Waals surface area contributed by atoms with E-state index >= 15 is 0 Å². The van der Waals surface area contributed by atoms with E-state index in [0.717, 1.165) is 12.8 Å². The number of pyridine rings is 1. The first kappa shape index (κ1) is 11.7. The summed E-state index contributed by atoms with van der Waals surface area (Å²) in [5, 5.41) is 9.14. The van der Waals surface area contributed by atoms with Crippen molar-refractivity contribution in [2.75, 3.05) is 13.1 Å². The minimum atomic E-state index is -1.12. The number of fused-ring (bicyclic) bond motifs is 1. The van der Waals surface area contributed by atoms with E-state index in [1.165, 1.54) is 0 Å². The normalized spacial score (nSPS) is 15.1. The SMILES string of the molecule is O=C(O)c1nc(C(=O)N2CCCC2)n2ccccc12. The van der Waals surface area contributed by atoms with E-state index in [-0.39, 0.29) is 17.4 Å². The molecule has 1 aliphatic rings. The molecule has 0 aromatic carbocycles. The Balaban J connectivity index is 2.13. The van der Waals surface area contributed by atoms with Gasteiger partial charge in [0.15, 0.2) is 5.69 Å². The number of amides is 1. The fraction of sp³-hybridized carbons (Fsp3) is 0.308. The molecule has 3 rings (SSSR count). The van der Waals surface area contributed by atoms with E-state index in [1.54, 1.807) is 33.7 Å². The second-order valence-electron chi connectivity index (χ2n) is 4.54. The van der Waals surface area contributed by atoms with Crippen LogP contribution in [0.15, 0.2) is 24.4 Å². The number of likely N-dealkylation sites (tertiary alicyclic amines) is 1. The Labute approximate surface area is 109 Å². The molecular formula is C13H13N3O3. The van der Waals surface area contributed by atoms with E-state index in [4.69, 9.17) is 5.11 Å². The average molecular weight is 259 g/mol. The number of carbonyl (C=O) groups excluding carboxylic acids is 1. The van der Waals surface area contributed by atoms with Crippen LogP contribution in [0.2, 0.25) is 0 Å². The van der Waals surface area contributed by atoms with Gasteiger partial charge in [0.2, 0.25) is 5.82 Å². The Morgan fingerprint density at radius 3 is 2.63 bits per heavy atom. The number of imidazole rings is 1. The first-order valence-electron chi connectivity index (χ1n) is 6.18. The monoisotopic (exact) mass is 259 g/mol. The van der Waals surface area contributed by atoms with Gasteiger partial charge >= 0.3 is 5.97 Å². The van der Waals surface area contributed by atoms with Crippen LogP contribution in [0.25, 0.3) is 5.52 Å². The summed E-state index contributed by atoms with van der Waals surface area (Å²) >= 11 is 0. The molecule has 19 heavy (non-hydrogen) atoms. The Hall–Kier alpha value is -2.37. The molecule has 0 unspecified atom stereocenters. The number of nitrogens with zero attached hydrogens (tertiary/aromatic N) is 3. The maximum Gasteiger partial charge on any atom is 0.356 e. The smallest absolute Gasteiger partial charge is 0.356 e. The third-order valence-electron chi connectivity index (χ3n) is 3.34. The molecule has 6 nitrogen and oxygen atoms in total. The standard InChI is InChI=1S/C13H13N3O3/c17-12(15-6-3-4-7-15)11-14-10(13(18)19)9-5-1-2-8-16(9)11/h1-2,5,8H,3-4,6-7H2,(H,18,19). The van der Waals surface area contributed by atoms with Crippen molar-refractivity contribution in [3.8, 4) is 0 Å². The highest BCUT2D eigenvalue weighted by molar-refractivity contribution is 5.98. The fourth-order valence-corrected chi connectivity index (χ4v) is 2.41. The quantitative estimate of drug-likeness (QED) is 0.881. The fourth-order valence-electron chi connectivity index (χ4n) is 2.41. The lowest BCUT2D eigenvalue weighted by Crippen LogP contribution is -2.29. The minimum absolute atomic E-state index is 0.0804. The zero-order valence-corrected chi connectivity index (χ0v) is 10.2. The number of carbonyl (C=O) groups is 2. The largest absolute Gasteiger partial charge is 0.476 e. The molecule has 6 heteroatoms. The van der Waals surface area contributed by atoms with Crippen LogP contribution in [0.3, 0.4) is 0 Å². The van der Waals surface area contributed by atoms with Crippen LogP contribution < -0.4 is 0 Å². The van der Waals surface area contributed by atoms with Crippen molar-refractivity contribution in [2.45, 2.75) is 12.8 Å². The van der Waals surface area contributed by atoms with Crippen molar-refractivity contribution in [1.29, 1.82) is 0 Å². The predicted molar refractivity (Wildman–Crippen MR) is 67.3 cm³/mol. The molecule has 1 fully saturated rings. The number of carboxylic acids is 1. The summed E-state index contributed by atoms with van der Waals surface area (Å²) in [6.45, 7) is 1.42. The highest BCUT2D eigenvalue weighted by Gasteiger charge is 2.26. The Bertz CT molecular complexity index is 656. The van der Waals surface area contributed by atoms with Gasteiger partial charge in [-0.15, -0.1) is 0 Å². The maximum atomic E-state index is 12.3. The van der Waals surface area contributed by atoms with Crippen molar-refractivity contribution in [2.24, 2.45) is 0 Å². The van der Waals surface area contributed by atoms with Crippen LogP contribution in [0.1, 0.15) is 33.9 Å². The average Bonchev–Trinajstić information content (AvgIpc) is 3.05. The van der Waals surface area contributed by atoms with Gasteiger partial charge in [-0.25, -0.2) is 9.78 Å². The number of carboxylic acid groups (broad SMARTS) is 1. The van der Waals surface area contributed by atoms with Crippen LogP contribution in [-0.2, 0) is 0 Å². The highest BCUT2D eigenvalue weighted by atomic mass is 16.4. The molecule has 0 saturated carbocycles. The summed E-state index contributed by atoms with van der Waals surface area (Å²) in [6.07, 6.45) is 3.64. The third kappa shape index (κ3) is 1.85. The summed E-state index contributed by atoms with van der Waals surface area (Å²) in [5.41, 5.74) is 0.362. The summed E-state index contributed by atoms with van der Waals surface area (Å²) in [7, 11) is 0. The summed E-state index contributed by atoms with van der Waals surface area (Å²) in [4.78, 5) is 29.2. The predicted octanol–water partition coefficient (Wildman–Crippen LogP) is 1.27. The first-order chi connectivity index (χ1) is 9.18. The number of aromatic nitrogens is 2. The van der Waals surface area contributed by atoms with Crippen molar-refractivity contribution in [3.05, 3.63) is 35.9 Å². The van der Waals surface area contributed by atoms with Gasteiger partial charge < -0.3 is 10.0 Å². The molecule has 0 bridgehead atoms. The molecule has 1 aliphatic heterocycles. The Kier molecular flexibility index (Phi) is 2.70. The van der Waals surface area contributed by atoms with Crippen LogP contribution in [0.4, 0.5) is 0 Å². The van der Waals surface area contributed by atoms with Gasteiger partial charge in [0.25, 0.3) is 5.91 Å². The van der Waals surface area contributed by atoms with Crippen molar-refractivity contribution < 1.29 is 14.7 Å². The lowest BCUT2D eigenvalue weighted by molar-refractivity contribution is 0.0693. The molecule has 1 amide bonds. The molecule has 0 radical (unpaired) electrons. The lowest BCUT2D eigenvalue weighted by atomic mass is 10.3. The van der Waals surface area contributed by atoms with E-state index in [0.29, 0.717) is 18.6 Å². The van der Waals surface area contributed by atoms with Gasteiger partial charge in [-0.05, 0) is 25.0 Å². The molecule has 0 atom stereocenters. The molecule has 1 saturated heterocycles. The van der Waals surface area contributed by atoms with Gasteiger partial charge in [0.1, 0.15) is 0 Å². The van der Waals surface area contributed by atoms with Gasteiger partial charge in [-0.1, -0.05) is 6.07 Å². The molecule has 1 N–H and O–H groups in total. The second kappa shape index (κ2) is 4.38. The van der Waals surface area contributed by atoms with Gasteiger partial charge in [-0.2, -0.15) is 0 Å². The van der Waals surface area contributed by atoms with E-state index in [9.17, 15) is 9.59 Å². The Morgan fingerprint density at radius 2 is 1.95 bits per heavy atom. The number of hydrogen-bond acceptors (Lipinski definition) is 3. The molecule has 2 aromatic heterocycles. The summed E-state index contributed by atoms with van der Waals surface area (Å²) in [6, 6.07) is 5.13. The number of rotatable bonds is 2. The number of aromatic carboxylic acids is 1. The minimum Gasteiger partial charge on any atom is -0.476 e. The molecule has 0 spiro atoms. The van der Waals surface area contributed by atoms with E-state index < -0.39 is 5.97 Å². The second-order valence-corrected chi connectivity index (χ2v) is 4.54. The zero-order valence-electron chi connectivity index (χ0n) is 10.2. The van der Waals surface area contributed by atoms with Crippen LogP contribution in [-0.4, -0.2) is 44.4 Å². The van der Waals surface area contributed by atoms with Gasteiger partial charge in [-0.3, -0.25) is 9.20 Å². The Morgan fingerprint density at radius 1 is 1.21 bits per heavy atom. The van der Waals surface area contributed by atoms with Gasteiger partial charge in [0, 0.05) is 19.3 Å². The molecule has 0 aliphatic carbocycles. The summed E-state index contributed by atoms with van der Waals surface area (Å²) in [5.74, 6) is -1.15. The van der Waals surface area contributed by atoms with Crippen molar-refractivity contribution in [1.82, 2.24) is 14.3 Å². The van der Waals surface area contributed by atoms with E-state index in [2.05, 4.69) is 4.98 Å². The highest BCUT2D eigenvalue weighted by Crippen LogP contribution is 2.17. The lowest BCUT2D eigenvalue weighted by Gasteiger charge is -2.13. The molecule has 3 heterocycles. The van der Waals surface area contributed by atoms with Crippen molar-refractivity contribution in [3.63, 3.8) is 0 Å². The summed E-state index contributed by atoms with van der Waals surface area (Å²) < 4.78 is 1.55. The third-order valence-corrected chi connectivity index (χ3v) is 3.34.